The van der Waals surface area contributed by atoms with Gasteiger partial charge in [0.2, 0.25) is 6.23 Å². The van der Waals surface area contributed by atoms with Crippen LogP contribution in [0.25, 0.3) is 0 Å². The maximum atomic E-state index is 11.2. The average Bonchev–Trinajstić information content (AvgIpc) is 2.41. The number of hydrogen-bond acceptors (Lipinski definition) is 4. The molecule has 5 nitrogen and oxygen atoms in total. The number of halogens is 2. The van der Waals surface area contributed by atoms with E-state index in [0.717, 1.165) is 5.56 Å². The molecular formula is C15H21Cl2NO4. The monoisotopic (exact) mass is 349 g/mol. The molecule has 0 saturated heterocycles. The second kappa shape index (κ2) is 9.79. The molecule has 0 N–H and O–H groups in total. The fourth-order valence-corrected chi connectivity index (χ4v) is 1.87. The number of quaternary nitrogens is 1. The van der Waals surface area contributed by atoms with Crippen molar-refractivity contribution in [2.75, 3.05) is 21.1 Å². The Morgan fingerprint density at radius 3 is 2.32 bits per heavy atom. The minimum absolute atomic E-state index is 0. The van der Waals surface area contributed by atoms with E-state index in [1.165, 1.54) is 0 Å². The molecule has 0 heterocycles. The summed E-state index contributed by atoms with van der Waals surface area (Å²) in [5.41, 5.74) is 0.0845. The largest absolute Gasteiger partial charge is 1.00 e. The summed E-state index contributed by atoms with van der Waals surface area (Å²) in [6.45, 7) is 0.322. The topological polar surface area (TPSA) is 52.6 Å². The molecule has 124 valence electrons. The van der Waals surface area contributed by atoms with Crippen LogP contribution in [0.4, 0.5) is 4.79 Å². The SMILES string of the molecule is C[N+](C)(C)[C@@H](C[C@H](C=O)OCc1ccccc1)OC(=O)Cl.[Cl-]. The van der Waals surface area contributed by atoms with Gasteiger partial charge in [-0.2, -0.15) is 0 Å². The summed E-state index contributed by atoms with van der Waals surface area (Å²) in [5, 5.41) is 0. The molecule has 0 aromatic heterocycles. The Balaban J connectivity index is 0.00000441. The van der Waals surface area contributed by atoms with Crippen molar-refractivity contribution < 1.29 is 36.0 Å². The Hall–Kier alpha value is -1.14. The van der Waals surface area contributed by atoms with Gasteiger partial charge in [0.05, 0.1) is 34.2 Å². The summed E-state index contributed by atoms with van der Waals surface area (Å²) >= 11 is 5.28. The van der Waals surface area contributed by atoms with Crippen molar-refractivity contribution in [3.8, 4) is 0 Å². The van der Waals surface area contributed by atoms with Gasteiger partial charge >= 0.3 is 5.43 Å². The molecule has 0 aliphatic carbocycles. The van der Waals surface area contributed by atoms with Gasteiger partial charge in [0.1, 0.15) is 12.4 Å². The molecule has 1 aromatic rings. The normalized spacial score (nSPS) is 13.6. The Kier molecular flexibility index (Phi) is 9.28. The molecule has 7 heteroatoms. The molecule has 22 heavy (non-hydrogen) atoms. The molecule has 0 unspecified atom stereocenters. The van der Waals surface area contributed by atoms with Crippen LogP contribution in [0.2, 0.25) is 0 Å². The van der Waals surface area contributed by atoms with Gasteiger partial charge in [-0.1, -0.05) is 30.3 Å². The van der Waals surface area contributed by atoms with Gasteiger partial charge in [-0.25, -0.2) is 4.79 Å². The van der Waals surface area contributed by atoms with Gasteiger partial charge in [-0.15, -0.1) is 0 Å². The molecule has 0 aliphatic heterocycles. The Bertz CT molecular complexity index is 462. The molecule has 0 aliphatic rings. The van der Waals surface area contributed by atoms with E-state index < -0.39 is 17.8 Å². The number of ether oxygens (including phenoxy) is 2. The van der Waals surface area contributed by atoms with Crippen molar-refractivity contribution in [2.24, 2.45) is 0 Å². The van der Waals surface area contributed by atoms with Gasteiger partial charge in [0, 0.05) is 11.6 Å². The van der Waals surface area contributed by atoms with Crippen molar-refractivity contribution in [3.63, 3.8) is 0 Å². The fourth-order valence-electron chi connectivity index (χ4n) is 1.77. The molecule has 0 bridgehead atoms. The van der Waals surface area contributed by atoms with Crippen LogP contribution in [-0.4, -0.2) is 49.7 Å². The first-order chi connectivity index (χ1) is 9.82. The first-order valence-corrected chi connectivity index (χ1v) is 6.98. The summed E-state index contributed by atoms with van der Waals surface area (Å²) in [6, 6.07) is 9.54. The predicted molar refractivity (Wildman–Crippen MR) is 79.9 cm³/mol. The lowest BCUT2D eigenvalue weighted by atomic mass is 10.2. The zero-order chi connectivity index (χ0) is 15.9. The Morgan fingerprint density at radius 1 is 1.27 bits per heavy atom. The van der Waals surface area contributed by atoms with E-state index in [0.29, 0.717) is 17.4 Å². The number of nitrogens with zero attached hydrogens (tertiary/aromatic N) is 1. The van der Waals surface area contributed by atoms with Crippen molar-refractivity contribution in [1.29, 1.82) is 0 Å². The van der Waals surface area contributed by atoms with E-state index in [-0.39, 0.29) is 18.8 Å². The molecule has 0 saturated carbocycles. The highest BCUT2D eigenvalue weighted by Gasteiger charge is 2.31. The summed E-state index contributed by atoms with van der Waals surface area (Å²) in [7, 11) is 5.55. The van der Waals surface area contributed by atoms with E-state index in [1.54, 1.807) is 0 Å². The van der Waals surface area contributed by atoms with E-state index >= 15 is 0 Å². The first kappa shape index (κ1) is 20.9. The highest BCUT2D eigenvalue weighted by Crippen LogP contribution is 2.16. The third-order valence-corrected chi connectivity index (χ3v) is 3.07. The highest BCUT2D eigenvalue weighted by molar-refractivity contribution is 6.61. The lowest BCUT2D eigenvalue weighted by Crippen LogP contribution is -3.00. The molecule has 0 radical (unpaired) electrons. The van der Waals surface area contributed by atoms with Crippen molar-refractivity contribution in [3.05, 3.63) is 35.9 Å². The van der Waals surface area contributed by atoms with Gasteiger partial charge in [-0.05, 0) is 5.56 Å². The fraction of sp³-hybridized carbons (Fsp3) is 0.467. The van der Waals surface area contributed by atoms with Crippen LogP contribution in [0.1, 0.15) is 12.0 Å². The number of carbonyl (C=O) groups excluding carboxylic acids is 2. The van der Waals surface area contributed by atoms with E-state index in [1.807, 2.05) is 51.5 Å². The Labute approximate surface area is 142 Å². The number of rotatable bonds is 8. The minimum Gasteiger partial charge on any atom is -1.00 e. The number of hydrogen-bond donors (Lipinski definition) is 0. The molecule has 1 aromatic carbocycles. The molecule has 1 rings (SSSR count). The lowest BCUT2D eigenvalue weighted by Gasteiger charge is -2.33. The van der Waals surface area contributed by atoms with Crippen LogP contribution in [0.15, 0.2) is 30.3 Å². The van der Waals surface area contributed by atoms with E-state index in [4.69, 9.17) is 21.1 Å². The van der Waals surface area contributed by atoms with Crippen LogP contribution in [0, 0.1) is 0 Å². The second-order valence-electron chi connectivity index (χ2n) is 5.63. The molecular weight excluding hydrogens is 329 g/mol. The van der Waals surface area contributed by atoms with Crippen LogP contribution in [0.5, 0.6) is 0 Å². The van der Waals surface area contributed by atoms with Crippen LogP contribution in [-0.2, 0) is 20.9 Å². The first-order valence-electron chi connectivity index (χ1n) is 6.61. The third kappa shape index (κ3) is 7.75. The molecule has 0 spiro atoms. The summed E-state index contributed by atoms with van der Waals surface area (Å²) < 4.78 is 11.0. The maximum absolute atomic E-state index is 11.2. The van der Waals surface area contributed by atoms with Crippen LogP contribution >= 0.6 is 11.6 Å². The van der Waals surface area contributed by atoms with Crippen LogP contribution < -0.4 is 12.4 Å². The summed E-state index contributed by atoms with van der Waals surface area (Å²) in [5.74, 6) is 0. The summed E-state index contributed by atoms with van der Waals surface area (Å²) in [4.78, 5) is 22.1. The molecule has 0 amide bonds. The quantitative estimate of drug-likeness (QED) is 0.276. The summed E-state index contributed by atoms with van der Waals surface area (Å²) in [6.07, 6.45) is -0.254. The van der Waals surface area contributed by atoms with E-state index in [9.17, 15) is 9.59 Å². The van der Waals surface area contributed by atoms with Crippen molar-refractivity contribution in [1.82, 2.24) is 0 Å². The van der Waals surface area contributed by atoms with Crippen molar-refractivity contribution in [2.45, 2.75) is 25.4 Å². The van der Waals surface area contributed by atoms with Gasteiger partial charge < -0.3 is 26.7 Å². The maximum Gasteiger partial charge on any atom is 0.408 e. The number of carbonyl (C=O) groups is 2. The third-order valence-electron chi connectivity index (χ3n) is 2.99. The van der Waals surface area contributed by atoms with Gasteiger partial charge in [-0.3, -0.25) is 4.48 Å². The number of aldehydes is 1. The zero-order valence-corrected chi connectivity index (χ0v) is 14.4. The van der Waals surface area contributed by atoms with Gasteiger partial charge in [0.25, 0.3) is 0 Å². The van der Waals surface area contributed by atoms with Crippen LogP contribution in [0.3, 0.4) is 0 Å². The molecule has 0 fully saturated rings. The zero-order valence-electron chi connectivity index (χ0n) is 12.9. The smallest absolute Gasteiger partial charge is 0.408 e. The van der Waals surface area contributed by atoms with Gasteiger partial charge in [0.15, 0.2) is 0 Å². The minimum atomic E-state index is -0.888. The highest BCUT2D eigenvalue weighted by atomic mass is 35.5. The van der Waals surface area contributed by atoms with Crippen molar-refractivity contribution >= 4 is 23.3 Å². The second-order valence-corrected chi connectivity index (χ2v) is 5.94. The predicted octanol–water partition coefficient (Wildman–Crippen LogP) is -0.427. The number of benzene rings is 1. The molecule has 2 atom stereocenters. The average molecular weight is 350 g/mol. The lowest BCUT2D eigenvalue weighted by molar-refractivity contribution is -0.917. The Morgan fingerprint density at radius 2 is 1.86 bits per heavy atom. The standard InChI is InChI=1S/C15H21ClNO4.ClH/c1-17(2,3)14(21-15(16)19)9-13(10-18)20-11-12-7-5-4-6-8-12;/h4-8,10,13-14H,9,11H2,1-3H3;1H/q+1;/p-1/t13-,14-;/m1./s1. The van der Waals surface area contributed by atoms with E-state index in [2.05, 4.69) is 0 Å².